The molecule has 0 saturated carbocycles. The highest BCUT2D eigenvalue weighted by Crippen LogP contribution is 2.58. The van der Waals surface area contributed by atoms with Crippen LogP contribution in [0.15, 0.2) is 54.6 Å². The first-order valence-corrected chi connectivity index (χ1v) is 14.4. The van der Waals surface area contributed by atoms with Crippen molar-refractivity contribution in [1.82, 2.24) is 9.80 Å². The van der Waals surface area contributed by atoms with Gasteiger partial charge in [0.25, 0.3) is 0 Å². The first-order valence-electron chi connectivity index (χ1n) is 14.4. The lowest BCUT2D eigenvalue weighted by Gasteiger charge is -2.41. The van der Waals surface area contributed by atoms with E-state index in [1.165, 1.54) is 0 Å². The number of unbranched alkanes of at least 4 members (excludes halogenated alkanes) is 1. The van der Waals surface area contributed by atoms with Gasteiger partial charge in [-0.25, -0.2) is 0 Å². The fourth-order valence-corrected chi connectivity index (χ4v) is 7.07. The third-order valence-corrected chi connectivity index (χ3v) is 9.27. The van der Waals surface area contributed by atoms with Gasteiger partial charge in [-0.05, 0) is 31.4 Å². The molecule has 1 aromatic rings. The Bertz CT molecular complexity index is 1170. The number of aliphatic hydroxyl groups excluding tert-OH is 1. The first-order chi connectivity index (χ1) is 18.7. The van der Waals surface area contributed by atoms with Gasteiger partial charge in [-0.15, -0.1) is 0 Å². The zero-order valence-corrected chi connectivity index (χ0v) is 23.5. The van der Waals surface area contributed by atoms with E-state index < -0.39 is 35.1 Å². The van der Waals surface area contributed by atoms with Crippen LogP contribution in [0, 0.1) is 17.8 Å². The quantitative estimate of drug-likeness (QED) is 0.517. The highest BCUT2D eigenvalue weighted by molar-refractivity contribution is 6.04. The molecule has 1 aromatic carbocycles. The third-order valence-electron chi connectivity index (χ3n) is 9.27. The summed E-state index contributed by atoms with van der Waals surface area (Å²) < 4.78 is 6.90. The highest BCUT2D eigenvalue weighted by atomic mass is 16.5. The molecule has 1 N–H and O–H groups in total. The summed E-state index contributed by atoms with van der Waals surface area (Å²) in [4.78, 5) is 48.4. The minimum atomic E-state index is -1.31. The average molecular weight is 536 g/mol. The molecule has 8 heteroatoms. The van der Waals surface area contributed by atoms with Gasteiger partial charge in [-0.2, -0.15) is 0 Å². The normalized spacial score (nSPS) is 33.5. The second kappa shape index (κ2) is 10.5. The van der Waals surface area contributed by atoms with E-state index in [2.05, 4.69) is 6.92 Å². The second-order valence-electron chi connectivity index (χ2n) is 11.6. The Morgan fingerprint density at radius 2 is 1.72 bits per heavy atom. The van der Waals surface area contributed by atoms with Crippen LogP contribution in [0.1, 0.15) is 47.0 Å². The number of carbonyl (C=O) groups excluding carboxylic acids is 3. The Hall–Kier alpha value is -2.97. The van der Waals surface area contributed by atoms with Crippen molar-refractivity contribution in [2.75, 3.05) is 31.1 Å². The molecule has 4 aliphatic heterocycles. The monoisotopic (exact) mass is 535 g/mol. The van der Waals surface area contributed by atoms with Gasteiger partial charge in [0.2, 0.25) is 17.7 Å². The molecule has 0 radical (unpaired) electrons. The predicted molar refractivity (Wildman–Crippen MR) is 149 cm³/mol. The van der Waals surface area contributed by atoms with E-state index in [0.717, 1.165) is 24.9 Å². The van der Waals surface area contributed by atoms with Crippen molar-refractivity contribution in [3.8, 4) is 0 Å². The van der Waals surface area contributed by atoms with Crippen molar-refractivity contribution in [3.63, 3.8) is 0 Å². The summed E-state index contributed by atoms with van der Waals surface area (Å²) in [7, 11) is 0. The van der Waals surface area contributed by atoms with E-state index in [4.69, 9.17) is 4.74 Å². The summed E-state index contributed by atoms with van der Waals surface area (Å²) in [6.07, 6.45) is 10.1. The highest BCUT2D eigenvalue weighted by Gasteiger charge is 2.75. The molecule has 0 aromatic heterocycles. The molecule has 39 heavy (non-hydrogen) atoms. The minimum Gasteiger partial charge on any atom is -0.394 e. The molecule has 4 aliphatic rings. The molecule has 3 amide bonds. The number of carbonyl (C=O) groups is 3. The summed E-state index contributed by atoms with van der Waals surface area (Å²) >= 11 is 0. The van der Waals surface area contributed by atoms with Crippen LogP contribution in [-0.2, 0) is 19.1 Å². The molecule has 2 fully saturated rings. The van der Waals surface area contributed by atoms with E-state index in [1.807, 2.05) is 75.4 Å². The lowest BCUT2D eigenvalue weighted by molar-refractivity contribution is -0.155. The molecule has 1 unspecified atom stereocenters. The van der Waals surface area contributed by atoms with Crippen LogP contribution in [0.3, 0.4) is 0 Å². The van der Waals surface area contributed by atoms with Gasteiger partial charge in [0, 0.05) is 25.3 Å². The average Bonchev–Trinajstić information content (AvgIpc) is 3.20. The number of likely N-dealkylation sites (tertiary alicyclic amines) is 1. The summed E-state index contributed by atoms with van der Waals surface area (Å²) in [5, 5.41) is 10.5. The van der Waals surface area contributed by atoms with Crippen molar-refractivity contribution in [2.45, 2.75) is 70.2 Å². The molecule has 5 rings (SSSR count). The lowest BCUT2D eigenvalue weighted by atomic mass is 9.74. The smallest absolute Gasteiger partial charge is 0.249 e. The fourth-order valence-electron chi connectivity index (χ4n) is 7.07. The molecule has 8 nitrogen and oxygen atoms in total. The largest absolute Gasteiger partial charge is 0.394 e. The van der Waals surface area contributed by atoms with Gasteiger partial charge in [0.05, 0.1) is 30.1 Å². The number of rotatable bonds is 8. The first kappa shape index (κ1) is 27.6. The third kappa shape index (κ3) is 4.23. The van der Waals surface area contributed by atoms with Crippen LogP contribution in [0.2, 0.25) is 0 Å². The van der Waals surface area contributed by atoms with E-state index in [-0.39, 0.29) is 30.2 Å². The van der Waals surface area contributed by atoms with Gasteiger partial charge < -0.3 is 24.5 Å². The van der Waals surface area contributed by atoms with Crippen LogP contribution < -0.4 is 4.90 Å². The molecule has 210 valence electrons. The van der Waals surface area contributed by atoms with Gasteiger partial charge in [0.1, 0.15) is 11.6 Å². The van der Waals surface area contributed by atoms with Gasteiger partial charge in [-0.3, -0.25) is 14.4 Å². The zero-order chi connectivity index (χ0) is 27.9. The van der Waals surface area contributed by atoms with Gasteiger partial charge in [-0.1, -0.05) is 76.1 Å². The number of hydrogen-bond donors (Lipinski definition) is 1. The molecule has 4 heterocycles. The SMILES string of the molecule is CCCCN1CC=C[C@]23O[C@]4(C)C=CCN(c5ccccc5)C(=O)[C@@H]4[C@H]2C(=O)N([C@@H](CO)[C@@H](C)CC)C3C1=O. The number of ether oxygens (including phenoxy) is 1. The molecule has 0 bridgehead atoms. The molecular formula is C31H41N3O5. The van der Waals surface area contributed by atoms with Crippen LogP contribution in [-0.4, -0.2) is 82.2 Å². The van der Waals surface area contributed by atoms with E-state index >= 15 is 0 Å². The Morgan fingerprint density at radius 3 is 2.38 bits per heavy atom. The Balaban J connectivity index is 1.65. The van der Waals surface area contributed by atoms with Crippen LogP contribution in [0.25, 0.3) is 0 Å². The second-order valence-corrected chi connectivity index (χ2v) is 11.6. The van der Waals surface area contributed by atoms with Gasteiger partial charge >= 0.3 is 0 Å². The summed E-state index contributed by atoms with van der Waals surface area (Å²) in [5.41, 5.74) is -1.63. The Kier molecular flexibility index (Phi) is 7.46. The number of para-hydroxylation sites is 1. The van der Waals surface area contributed by atoms with Crippen molar-refractivity contribution >= 4 is 23.4 Å². The summed E-state index contributed by atoms with van der Waals surface area (Å²) in [5.74, 6) is -2.43. The molecule has 7 atom stereocenters. The number of fused-ring (bicyclic) bond motifs is 2. The Labute approximate surface area is 231 Å². The van der Waals surface area contributed by atoms with E-state index in [1.54, 1.807) is 14.7 Å². The van der Waals surface area contributed by atoms with Crippen molar-refractivity contribution in [1.29, 1.82) is 0 Å². The standard InChI is InChI=1S/C31H41N3O5/c1-5-7-17-32-18-12-16-31-25(28(37)34(26(31)29(32)38)23(20-35)21(3)6-2)24-27(36)33(22-13-9-8-10-14-22)19-11-15-30(24,4)39-31/h8-16,21,23-26,35H,5-7,17-20H2,1-4H3/t21-,23-,24-,25-,26?,30+,31-/m0/s1. The lowest BCUT2D eigenvalue weighted by Crippen LogP contribution is -2.59. The summed E-state index contributed by atoms with van der Waals surface area (Å²) in [6.45, 7) is 9.04. The minimum absolute atomic E-state index is 0.0455. The Morgan fingerprint density at radius 1 is 1.00 bits per heavy atom. The zero-order valence-electron chi connectivity index (χ0n) is 23.5. The number of amides is 3. The number of benzene rings is 1. The fraction of sp³-hybridized carbons (Fsp3) is 0.581. The van der Waals surface area contributed by atoms with E-state index in [9.17, 15) is 19.5 Å². The van der Waals surface area contributed by atoms with Crippen molar-refractivity contribution in [2.24, 2.45) is 17.8 Å². The maximum atomic E-state index is 14.6. The maximum Gasteiger partial charge on any atom is 0.249 e. The van der Waals surface area contributed by atoms with E-state index in [0.29, 0.717) is 19.6 Å². The summed E-state index contributed by atoms with van der Waals surface area (Å²) in [6, 6.07) is 7.93. The predicted octanol–water partition coefficient (Wildman–Crippen LogP) is 3.17. The number of nitrogens with zero attached hydrogens (tertiary/aromatic N) is 3. The van der Waals surface area contributed by atoms with Crippen molar-refractivity contribution < 1.29 is 24.2 Å². The van der Waals surface area contributed by atoms with Crippen LogP contribution in [0.5, 0.6) is 0 Å². The number of anilines is 1. The van der Waals surface area contributed by atoms with Crippen LogP contribution >= 0.6 is 0 Å². The number of hydrogen-bond acceptors (Lipinski definition) is 5. The number of aliphatic hydroxyl groups is 1. The molecular weight excluding hydrogens is 494 g/mol. The maximum absolute atomic E-state index is 14.6. The topological polar surface area (TPSA) is 90.4 Å². The molecule has 2 saturated heterocycles. The molecule has 1 spiro atoms. The van der Waals surface area contributed by atoms with Crippen LogP contribution in [0.4, 0.5) is 5.69 Å². The van der Waals surface area contributed by atoms with Gasteiger partial charge in [0.15, 0.2) is 0 Å². The molecule has 0 aliphatic carbocycles. The van der Waals surface area contributed by atoms with Crippen molar-refractivity contribution in [3.05, 3.63) is 54.6 Å².